The number of esters is 1. The Morgan fingerprint density at radius 1 is 1.38 bits per heavy atom. The quantitative estimate of drug-likeness (QED) is 0.538. The van der Waals surface area contributed by atoms with E-state index in [1.165, 1.54) is 6.08 Å². The van der Waals surface area contributed by atoms with Gasteiger partial charge in [-0.25, -0.2) is 0 Å². The molecule has 16 heavy (non-hydrogen) atoms. The van der Waals surface area contributed by atoms with Crippen molar-refractivity contribution in [3.8, 4) is 12.1 Å². The van der Waals surface area contributed by atoms with E-state index in [2.05, 4.69) is 6.58 Å². The van der Waals surface area contributed by atoms with Crippen molar-refractivity contribution in [2.24, 2.45) is 5.41 Å². The first-order chi connectivity index (χ1) is 7.28. The Balaban J connectivity index is 4.68. The van der Waals surface area contributed by atoms with Gasteiger partial charge in [0.05, 0.1) is 18.6 Å². The highest BCUT2D eigenvalue weighted by Crippen LogP contribution is 2.26. The number of rotatable bonds is 4. The molecule has 0 N–H and O–H groups in total. The molecule has 0 aliphatic rings. The van der Waals surface area contributed by atoms with Crippen molar-refractivity contribution in [1.29, 1.82) is 10.5 Å². The normalized spacial score (nSPS) is 11.1. The summed E-state index contributed by atoms with van der Waals surface area (Å²) >= 11 is 0. The molecule has 0 heterocycles. The van der Waals surface area contributed by atoms with Crippen LogP contribution < -0.4 is 0 Å². The second kappa shape index (κ2) is 5.32. The van der Waals surface area contributed by atoms with E-state index in [9.17, 15) is 4.79 Å². The van der Waals surface area contributed by atoms with Crippen molar-refractivity contribution in [3.05, 3.63) is 12.7 Å². The number of nitriles is 2. The summed E-state index contributed by atoms with van der Waals surface area (Å²) in [4.78, 5) is 11.5. The van der Waals surface area contributed by atoms with Crippen molar-refractivity contribution < 1.29 is 9.53 Å². The second-order valence-electron chi connectivity index (χ2n) is 4.56. The fourth-order valence-electron chi connectivity index (χ4n) is 1.14. The van der Waals surface area contributed by atoms with Gasteiger partial charge in [-0.3, -0.25) is 4.79 Å². The summed E-state index contributed by atoms with van der Waals surface area (Å²) in [6.45, 7) is 8.67. The number of ether oxygens (including phenoxy) is 1. The molecule has 0 radical (unpaired) electrons. The Morgan fingerprint density at radius 2 is 1.88 bits per heavy atom. The highest BCUT2D eigenvalue weighted by atomic mass is 16.6. The van der Waals surface area contributed by atoms with Crippen molar-refractivity contribution in [3.63, 3.8) is 0 Å². The van der Waals surface area contributed by atoms with Gasteiger partial charge in [0.15, 0.2) is 5.41 Å². The number of carbonyl (C=O) groups excluding carboxylic acids is 1. The molecule has 0 amide bonds. The first kappa shape index (κ1) is 14.2. The van der Waals surface area contributed by atoms with Gasteiger partial charge in [0.25, 0.3) is 0 Å². The molecule has 0 bridgehead atoms. The average Bonchev–Trinajstić information content (AvgIpc) is 2.14. The number of allylic oxidation sites excluding steroid dienone is 1. The molecule has 0 rings (SSSR count). The molecule has 0 aliphatic heterocycles. The molecule has 0 atom stereocenters. The molecule has 0 saturated carbocycles. The standard InChI is InChI=1S/C12H16N2O2/c1-5-6-12(8-13,9-14)7-10(15)16-11(2,3)4/h5H,1,6-7H2,2-4H3. The van der Waals surface area contributed by atoms with Gasteiger partial charge in [0.1, 0.15) is 5.60 Å². The summed E-state index contributed by atoms with van der Waals surface area (Å²) in [5.41, 5.74) is -1.97. The lowest BCUT2D eigenvalue weighted by Gasteiger charge is -2.22. The molecule has 4 heteroatoms. The Labute approximate surface area is 96.1 Å². The minimum atomic E-state index is -1.36. The van der Waals surface area contributed by atoms with E-state index >= 15 is 0 Å². The van der Waals surface area contributed by atoms with Gasteiger partial charge >= 0.3 is 5.97 Å². The maximum atomic E-state index is 11.5. The van der Waals surface area contributed by atoms with E-state index in [-0.39, 0.29) is 12.8 Å². The van der Waals surface area contributed by atoms with Crippen LogP contribution in [-0.4, -0.2) is 11.6 Å². The molecule has 0 aromatic heterocycles. The van der Waals surface area contributed by atoms with Gasteiger partial charge in [-0.15, -0.1) is 6.58 Å². The lowest BCUT2D eigenvalue weighted by Crippen LogP contribution is -2.28. The van der Waals surface area contributed by atoms with Crippen molar-refractivity contribution >= 4 is 5.97 Å². The monoisotopic (exact) mass is 220 g/mol. The van der Waals surface area contributed by atoms with Gasteiger partial charge in [-0.05, 0) is 27.2 Å². The highest BCUT2D eigenvalue weighted by molar-refractivity contribution is 5.72. The average molecular weight is 220 g/mol. The number of nitrogens with zero attached hydrogens (tertiary/aromatic N) is 2. The van der Waals surface area contributed by atoms with E-state index in [1.54, 1.807) is 20.8 Å². The summed E-state index contributed by atoms with van der Waals surface area (Å²) in [5, 5.41) is 17.9. The lowest BCUT2D eigenvalue weighted by molar-refractivity contribution is -0.156. The van der Waals surface area contributed by atoms with Gasteiger partial charge in [0, 0.05) is 0 Å². The first-order valence-electron chi connectivity index (χ1n) is 4.94. The van der Waals surface area contributed by atoms with Crippen LogP contribution in [0.4, 0.5) is 0 Å². The van der Waals surface area contributed by atoms with Crippen molar-refractivity contribution in [1.82, 2.24) is 0 Å². The first-order valence-corrected chi connectivity index (χ1v) is 4.94. The molecule has 0 aromatic rings. The summed E-state index contributed by atoms with van der Waals surface area (Å²) in [6, 6.07) is 3.70. The third-order valence-corrected chi connectivity index (χ3v) is 1.79. The van der Waals surface area contributed by atoms with Crippen LogP contribution in [0.5, 0.6) is 0 Å². The zero-order valence-electron chi connectivity index (χ0n) is 9.91. The van der Waals surface area contributed by atoms with Crippen molar-refractivity contribution in [2.75, 3.05) is 0 Å². The molecule has 0 spiro atoms. The largest absolute Gasteiger partial charge is 0.460 e. The predicted molar refractivity (Wildman–Crippen MR) is 58.9 cm³/mol. The van der Waals surface area contributed by atoms with E-state index in [1.807, 2.05) is 12.1 Å². The summed E-state index contributed by atoms with van der Waals surface area (Å²) in [5.74, 6) is -0.544. The fourth-order valence-corrected chi connectivity index (χ4v) is 1.14. The van der Waals surface area contributed by atoms with E-state index in [4.69, 9.17) is 15.3 Å². The van der Waals surface area contributed by atoms with Crippen molar-refractivity contribution in [2.45, 2.75) is 39.2 Å². The molecule has 0 aromatic carbocycles. The number of hydrogen-bond acceptors (Lipinski definition) is 4. The molecule has 86 valence electrons. The maximum Gasteiger partial charge on any atom is 0.309 e. The van der Waals surface area contributed by atoms with Crippen LogP contribution in [0.25, 0.3) is 0 Å². The summed E-state index contributed by atoms with van der Waals surface area (Å²) < 4.78 is 5.07. The molecule has 0 saturated heterocycles. The highest BCUT2D eigenvalue weighted by Gasteiger charge is 2.33. The Hall–Kier alpha value is -1.81. The second-order valence-corrected chi connectivity index (χ2v) is 4.56. The Bertz CT molecular complexity index is 339. The molecule has 4 nitrogen and oxygen atoms in total. The van der Waals surface area contributed by atoms with Crippen LogP contribution in [0, 0.1) is 28.1 Å². The topological polar surface area (TPSA) is 73.9 Å². The third kappa shape index (κ3) is 4.61. The number of carbonyl (C=O) groups is 1. The summed E-state index contributed by atoms with van der Waals surface area (Å²) in [6.07, 6.45) is 1.37. The third-order valence-electron chi connectivity index (χ3n) is 1.79. The van der Waals surface area contributed by atoms with E-state index < -0.39 is 17.0 Å². The lowest BCUT2D eigenvalue weighted by atomic mass is 9.84. The molecule has 0 unspecified atom stereocenters. The van der Waals surface area contributed by atoms with Gasteiger partial charge < -0.3 is 4.74 Å². The molecule has 0 aliphatic carbocycles. The molecule has 0 fully saturated rings. The zero-order valence-corrected chi connectivity index (χ0v) is 9.91. The van der Waals surface area contributed by atoms with Crippen LogP contribution in [0.1, 0.15) is 33.6 Å². The Morgan fingerprint density at radius 3 is 2.19 bits per heavy atom. The van der Waals surface area contributed by atoms with Crippen LogP contribution in [-0.2, 0) is 9.53 Å². The van der Waals surface area contributed by atoms with Crippen LogP contribution in [0.2, 0.25) is 0 Å². The fraction of sp³-hybridized carbons (Fsp3) is 0.583. The van der Waals surface area contributed by atoms with Crippen LogP contribution in [0.3, 0.4) is 0 Å². The van der Waals surface area contributed by atoms with Gasteiger partial charge in [-0.1, -0.05) is 6.08 Å². The molecular formula is C12H16N2O2. The van der Waals surface area contributed by atoms with Crippen LogP contribution in [0.15, 0.2) is 12.7 Å². The minimum Gasteiger partial charge on any atom is -0.460 e. The SMILES string of the molecule is C=CCC(C#N)(C#N)CC(=O)OC(C)(C)C. The summed E-state index contributed by atoms with van der Waals surface area (Å²) in [7, 11) is 0. The van der Waals surface area contributed by atoms with Gasteiger partial charge in [0.2, 0.25) is 0 Å². The number of hydrogen-bond donors (Lipinski definition) is 0. The molecular weight excluding hydrogens is 204 g/mol. The van der Waals surface area contributed by atoms with Gasteiger partial charge in [-0.2, -0.15) is 10.5 Å². The van der Waals surface area contributed by atoms with E-state index in [0.29, 0.717) is 0 Å². The predicted octanol–water partition coefficient (Wildman–Crippen LogP) is 2.33. The van der Waals surface area contributed by atoms with E-state index in [0.717, 1.165) is 0 Å². The van der Waals surface area contributed by atoms with Crippen LogP contribution >= 0.6 is 0 Å². The zero-order chi connectivity index (χ0) is 12.8. The minimum absolute atomic E-state index is 0.152. The Kier molecular flexibility index (Phi) is 4.72. The smallest absolute Gasteiger partial charge is 0.309 e. The maximum absolute atomic E-state index is 11.5.